The van der Waals surface area contributed by atoms with Gasteiger partial charge in [0.25, 0.3) is 5.56 Å². The number of carbonyl (C=O) groups excluding carboxylic acids is 1. The molecule has 2 N–H and O–H groups in total. The predicted molar refractivity (Wildman–Crippen MR) is 101 cm³/mol. The molecule has 1 atom stereocenters. The van der Waals surface area contributed by atoms with Crippen molar-refractivity contribution >= 4 is 28.4 Å². The highest BCUT2D eigenvalue weighted by Crippen LogP contribution is 2.28. The second-order valence-corrected chi connectivity index (χ2v) is 6.75. The number of piperidine rings is 1. The molecule has 3 aromatic rings. The summed E-state index contributed by atoms with van der Waals surface area (Å²) in [5.74, 6) is -0.151. The van der Waals surface area contributed by atoms with E-state index in [0.29, 0.717) is 28.9 Å². The van der Waals surface area contributed by atoms with Crippen LogP contribution >= 0.6 is 11.6 Å². The van der Waals surface area contributed by atoms with Gasteiger partial charge < -0.3 is 10.3 Å². The van der Waals surface area contributed by atoms with Gasteiger partial charge in [0.1, 0.15) is 0 Å². The summed E-state index contributed by atoms with van der Waals surface area (Å²) in [5.41, 5.74) is 1.21. The highest BCUT2D eigenvalue weighted by molar-refractivity contribution is 6.33. The number of nitrogens with zero attached hydrogens (tertiary/aromatic N) is 1. The summed E-state index contributed by atoms with van der Waals surface area (Å²) in [6.45, 7) is 0.457. The Morgan fingerprint density at radius 1 is 1.08 bits per heavy atom. The molecule has 26 heavy (non-hydrogen) atoms. The van der Waals surface area contributed by atoms with Gasteiger partial charge in [-0.3, -0.25) is 14.2 Å². The molecule has 1 saturated heterocycles. The molecule has 0 spiro atoms. The van der Waals surface area contributed by atoms with Crippen LogP contribution in [-0.4, -0.2) is 22.0 Å². The van der Waals surface area contributed by atoms with Crippen LogP contribution in [0.3, 0.4) is 0 Å². The second-order valence-electron chi connectivity index (χ2n) is 6.34. The molecule has 2 heterocycles. The monoisotopic (exact) mass is 369 g/mol. The van der Waals surface area contributed by atoms with Gasteiger partial charge in [0.15, 0.2) is 0 Å². The minimum absolute atomic E-state index is 0.131. The van der Waals surface area contributed by atoms with E-state index in [1.165, 1.54) is 0 Å². The Morgan fingerprint density at radius 3 is 2.65 bits per heavy atom. The van der Waals surface area contributed by atoms with Crippen molar-refractivity contribution in [2.45, 2.75) is 18.9 Å². The Morgan fingerprint density at radius 2 is 1.88 bits per heavy atom. The number of fused-ring (bicyclic) bond motifs is 1. The first-order chi connectivity index (χ1) is 12.5. The van der Waals surface area contributed by atoms with Gasteiger partial charge in [-0.2, -0.15) is 0 Å². The zero-order valence-electron chi connectivity index (χ0n) is 13.8. The number of amides is 1. The maximum absolute atomic E-state index is 12.9. The van der Waals surface area contributed by atoms with Crippen LogP contribution in [0.2, 0.25) is 5.02 Å². The Kier molecular flexibility index (Phi) is 4.12. The van der Waals surface area contributed by atoms with E-state index in [1.807, 2.05) is 18.2 Å². The standard InChI is InChI=1S/C19H16ClN3O3/c20-15-4-2-1-3-13(15)11-5-6-14-16(9-11)22-19(26)23(18(14)25)12-7-8-21-17(24)10-12/h1-6,9,12H,7-8,10H2,(H,21,24)(H,22,26)/t12-/m1/s1. The fourth-order valence-electron chi connectivity index (χ4n) is 3.41. The molecule has 1 amide bonds. The summed E-state index contributed by atoms with van der Waals surface area (Å²) >= 11 is 6.24. The smallest absolute Gasteiger partial charge is 0.329 e. The van der Waals surface area contributed by atoms with Gasteiger partial charge in [-0.1, -0.05) is 35.9 Å². The number of aromatic nitrogens is 2. The molecule has 1 fully saturated rings. The molecule has 4 rings (SSSR count). The Bertz CT molecular complexity index is 1130. The van der Waals surface area contributed by atoms with Crippen LogP contribution in [0.1, 0.15) is 18.9 Å². The molecule has 1 aliphatic heterocycles. The molecule has 0 saturated carbocycles. The molecule has 7 heteroatoms. The van der Waals surface area contributed by atoms with Crippen molar-refractivity contribution in [1.82, 2.24) is 14.9 Å². The predicted octanol–water partition coefficient (Wildman–Crippen LogP) is 2.46. The third-order valence-corrected chi connectivity index (χ3v) is 5.03. The molecule has 1 aliphatic rings. The van der Waals surface area contributed by atoms with E-state index >= 15 is 0 Å². The highest BCUT2D eigenvalue weighted by Gasteiger charge is 2.24. The highest BCUT2D eigenvalue weighted by atomic mass is 35.5. The van der Waals surface area contributed by atoms with Crippen molar-refractivity contribution in [3.8, 4) is 11.1 Å². The van der Waals surface area contributed by atoms with E-state index in [-0.39, 0.29) is 17.9 Å². The first-order valence-corrected chi connectivity index (χ1v) is 8.72. The minimum atomic E-state index is -0.501. The summed E-state index contributed by atoms with van der Waals surface area (Å²) in [6, 6.07) is 12.2. The van der Waals surface area contributed by atoms with Crippen LogP contribution < -0.4 is 16.6 Å². The normalized spacial score (nSPS) is 17.3. The average Bonchev–Trinajstić information content (AvgIpc) is 2.62. The lowest BCUT2D eigenvalue weighted by Gasteiger charge is -2.23. The van der Waals surface area contributed by atoms with E-state index in [1.54, 1.807) is 24.3 Å². The molecule has 2 aromatic carbocycles. The lowest BCUT2D eigenvalue weighted by molar-refractivity contribution is -0.123. The largest absolute Gasteiger partial charge is 0.356 e. The van der Waals surface area contributed by atoms with E-state index in [0.717, 1.165) is 15.7 Å². The number of hydrogen-bond donors (Lipinski definition) is 2. The van der Waals surface area contributed by atoms with Gasteiger partial charge in [-0.15, -0.1) is 0 Å². The third kappa shape index (κ3) is 2.82. The molecule has 1 aromatic heterocycles. The fraction of sp³-hybridized carbons (Fsp3) is 0.211. The zero-order chi connectivity index (χ0) is 18.3. The minimum Gasteiger partial charge on any atom is -0.356 e. The van der Waals surface area contributed by atoms with Gasteiger partial charge in [-0.05, 0) is 30.2 Å². The van der Waals surface area contributed by atoms with Gasteiger partial charge in [0.2, 0.25) is 5.91 Å². The first-order valence-electron chi connectivity index (χ1n) is 8.35. The maximum atomic E-state index is 12.9. The summed E-state index contributed by atoms with van der Waals surface area (Å²) < 4.78 is 1.16. The van der Waals surface area contributed by atoms with E-state index in [4.69, 9.17) is 11.6 Å². The Labute approximate surface area is 153 Å². The lowest BCUT2D eigenvalue weighted by atomic mass is 10.0. The summed E-state index contributed by atoms with van der Waals surface area (Å²) in [6.07, 6.45) is 0.685. The summed E-state index contributed by atoms with van der Waals surface area (Å²) in [4.78, 5) is 39.8. The van der Waals surface area contributed by atoms with Crippen molar-refractivity contribution in [3.05, 3.63) is 68.3 Å². The molecule has 0 radical (unpaired) electrons. The average molecular weight is 370 g/mol. The van der Waals surface area contributed by atoms with Gasteiger partial charge in [0, 0.05) is 23.6 Å². The first kappa shape index (κ1) is 16.6. The molecule has 0 unspecified atom stereocenters. The van der Waals surface area contributed by atoms with Crippen LogP contribution in [0.4, 0.5) is 0 Å². The zero-order valence-corrected chi connectivity index (χ0v) is 14.5. The Balaban J connectivity index is 1.86. The number of hydrogen-bond acceptors (Lipinski definition) is 3. The molecule has 132 valence electrons. The van der Waals surface area contributed by atoms with Gasteiger partial charge in [0.05, 0.1) is 16.9 Å². The second kappa shape index (κ2) is 6.46. The van der Waals surface area contributed by atoms with E-state index < -0.39 is 11.7 Å². The van der Waals surface area contributed by atoms with E-state index in [2.05, 4.69) is 10.3 Å². The number of halogens is 1. The van der Waals surface area contributed by atoms with Crippen LogP contribution in [0.15, 0.2) is 52.1 Å². The van der Waals surface area contributed by atoms with Gasteiger partial charge >= 0.3 is 5.69 Å². The number of aromatic amines is 1. The molecule has 6 nitrogen and oxygen atoms in total. The fourth-order valence-corrected chi connectivity index (χ4v) is 3.66. The molecular formula is C19H16ClN3O3. The van der Waals surface area contributed by atoms with Crippen LogP contribution in [0.5, 0.6) is 0 Å². The SMILES string of the molecule is O=C1C[C@H](n2c(=O)[nH]c3cc(-c4ccccc4Cl)ccc3c2=O)CCN1. The van der Waals surface area contributed by atoms with Crippen molar-refractivity contribution in [3.63, 3.8) is 0 Å². The maximum Gasteiger partial charge on any atom is 0.329 e. The van der Waals surface area contributed by atoms with Crippen LogP contribution in [0, 0.1) is 0 Å². The van der Waals surface area contributed by atoms with E-state index in [9.17, 15) is 14.4 Å². The number of carbonyl (C=O) groups is 1. The lowest BCUT2D eigenvalue weighted by Crippen LogP contribution is -2.44. The quantitative estimate of drug-likeness (QED) is 0.727. The number of nitrogens with one attached hydrogen (secondary N) is 2. The molecular weight excluding hydrogens is 354 g/mol. The third-order valence-electron chi connectivity index (χ3n) is 4.70. The topological polar surface area (TPSA) is 84.0 Å². The van der Waals surface area contributed by atoms with Crippen molar-refractivity contribution < 1.29 is 4.79 Å². The van der Waals surface area contributed by atoms with Crippen molar-refractivity contribution in [2.75, 3.05) is 6.54 Å². The van der Waals surface area contributed by atoms with Gasteiger partial charge in [-0.25, -0.2) is 4.79 Å². The number of benzene rings is 2. The number of H-pyrrole nitrogens is 1. The van der Waals surface area contributed by atoms with Crippen LogP contribution in [-0.2, 0) is 4.79 Å². The molecule has 0 aliphatic carbocycles. The summed E-state index contributed by atoms with van der Waals surface area (Å²) in [5, 5.41) is 3.71. The molecule has 0 bridgehead atoms. The van der Waals surface area contributed by atoms with Crippen LogP contribution in [0.25, 0.3) is 22.0 Å². The Hall–Kier alpha value is -2.86. The van der Waals surface area contributed by atoms with Crippen molar-refractivity contribution in [2.24, 2.45) is 0 Å². The number of rotatable bonds is 2. The summed E-state index contributed by atoms with van der Waals surface area (Å²) in [7, 11) is 0. The van der Waals surface area contributed by atoms with Crippen molar-refractivity contribution in [1.29, 1.82) is 0 Å².